The zero-order valence-electron chi connectivity index (χ0n) is 20.1. The first-order valence-electron chi connectivity index (χ1n) is 11.5. The first-order chi connectivity index (χ1) is 17.2. The van der Waals surface area contributed by atoms with Crippen molar-refractivity contribution < 1.29 is 46.2 Å². The number of carbonyl (C=O) groups is 3. The fourth-order valence-electron chi connectivity index (χ4n) is 4.72. The van der Waals surface area contributed by atoms with Crippen LogP contribution in [0.5, 0.6) is 0 Å². The molecule has 1 aromatic carbocycles. The largest absolute Gasteiger partial charge is 0.478 e. The van der Waals surface area contributed by atoms with Crippen LogP contribution in [0.1, 0.15) is 38.2 Å². The van der Waals surface area contributed by atoms with Crippen LogP contribution in [0, 0.1) is 23.4 Å². The van der Waals surface area contributed by atoms with Crippen LogP contribution in [0.4, 0.5) is 13.2 Å². The molecule has 3 rings (SSSR count). The van der Waals surface area contributed by atoms with E-state index in [1.54, 1.807) is 4.31 Å². The molecule has 0 radical (unpaired) electrons. The number of halogens is 3. The Morgan fingerprint density at radius 3 is 2.05 bits per heavy atom. The average Bonchev–Trinajstić information content (AvgIpc) is 3.07. The van der Waals surface area contributed by atoms with E-state index in [2.05, 4.69) is 5.32 Å². The summed E-state index contributed by atoms with van der Waals surface area (Å²) in [5, 5.41) is 18.1. The molecule has 0 aliphatic carbocycles. The van der Waals surface area contributed by atoms with E-state index in [0.29, 0.717) is 31.1 Å². The smallest absolute Gasteiger partial charge is 0.328 e. The Morgan fingerprint density at radius 1 is 1.05 bits per heavy atom. The van der Waals surface area contributed by atoms with Crippen LogP contribution in [-0.4, -0.2) is 71.2 Å². The summed E-state index contributed by atoms with van der Waals surface area (Å²) in [4.78, 5) is 30.1. The summed E-state index contributed by atoms with van der Waals surface area (Å²) in [6.07, 6.45) is 3.72. The van der Waals surface area contributed by atoms with Gasteiger partial charge in [0, 0.05) is 49.8 Å². The van der Waals surface area contributed by atoms with E-state index in [-0.39, 0.29) is 48.2 Å². The number of carbonyl (C=O) groups excluding carboxylic acids is 1. The topological polar surface area (TPSA) is 167 Å². The molecular weight excluding hydrogens is 519 g/mol. The Balaban J connectivity index is 0.000000521. The Kier molecular flexibility index (Phi) is 10.6. The SMILES string of the molecule is CC(=O)NCCS(=O)(=O)N1[C@@H]2CC[C@H]1C[C@H]([C@H](N)Cc1cc(F)c(F)cc1F)C2.O=C(O)/C=C\C(=O)O. The molecule has 1 aromatic rings. The van der Waals surface area contributed by atoms with E-state index in [1.807, 2.05) is 0 Å². The van der Waals surface area contributed by atoms with Gasteiger partial charge in [-0.15, -0.1) is 0 Å². The number of fused-ring (bicyclic) bond motifs is 2. The fourth-order valence-corrected chi connectivity index (χ4v) is 6.59. The molecule has 0 spiro atoms. The van der Waals surface area contributed by atoms with Crippen LogP contribution < -0.4 is 11.1 Å². The second-order valence-corrected chi connectivity index (χ2v) is 11.0. The molecule has 4 atom stereocenters. The van der Waals surface area contributed by atoms with Gasteiger partial charge in [-0.2, -0.15) is 4.31 Å². The third-order valence-corrected chi connectivity index (χ3v) is 8.24. The molecule has 14 heteroatoms. The van der Waals surface area contributed by atoms with E-state index < -0.39 is 45.5 Å². The van der Waals surface area contributed by atoms with Crippen molar-refractivity contribution in [2.45, 2.75) is 57.2 Å². The van der Waals surface area contributed by atoms with Crippen LogP contribution in [0.3, 0.4) is 0 Å². The molecule has 2 aliphatic heterocycles. The number of hydrogen-bond acceptors (Lipinski definition) is 6. The standard InChI is InChI=1S/C19H26F3N3O3S.C4H4O4/c1-11(26)24-4-5-29(27,28)25-14-2-3-15(25)7-13(6-14)19(23)9-12-8-17(21)18(22)10-16(12)20;5-3(6)1-2-4(7)8/h8,10,13-15,19H,2-7,9,23H2,1H3,(H,24,26);1-2H,(H,5,6)(H,7,8)/b;2-1-/t13-,14-,15+,19-;/m1./s1. The fraction of sp³-hybridized carbons (Fsp3) is 0.522. The van der Waals surface area contributed by atoms with Crippen molar-refractivity contribution in [3.05, 3.63) is 47.3 Å². The number of nitrogens with two attached hydrogens (primary N) is 1. The average molecular weight is 550 g/mol. The molecule has 1 amide bonds. The van der Waals surface area contributed by atoms with Crippen LogP contribution in [0.15, 0.2) is 24.3 Å². The lowest BCUT2D eigenvalue weighted by Gasteiger charge is -2.40. The molecule has 2 saturated heterocycles. The van der Waals surface area contributed by atoms with E-state index in [0.717, 1.165) is 18.9 Å². The second-order valence-electron chi connectivity index (χ2n) is 8.98. The molecule has 5 N–H and O–H groups in total. The molecule has 37 heavy (non-hydrogen) atoms. The first kappa shape index (κ1) is 30.3. The monoisotopic (exact) mass is 549 g/mol. The van der Waals surface area contributed by atoms with Crippen molar-refractivity contribution in [3.63, 3.8) is 0 Å². The number of hydrogen-bond donors (Lipinski definition) is 4. The number of carboxylic acid groups (broad SMARTS) is 2. The minimum atomic E-state index is -3.51. The summed E-state index contributed by atoms with van der Waals surface area (Å²) in [5.41, 5.74) is 6.28. The van der Waals surface area contributed by atoms with Crippen LogP contribution in [-0.2, 0) is 30.8 Å². The highest BCUT2D eigenvalue weighted by Crippen LogP contribution is 2.41. The normalized spacial score (nSPS) is 22.2. The number of sulfonamides is 1. The Morgan fingerprint density at radius 2 is 1.57 bits per heavy atom. The number of rotatable bonds is 9. The number of piperidine rings is 1. The van der Waals surface area contributed by atoms with Gasteiger partial charge in [0.1, 0.15) is 5.82 Å². The highest BCUT2D eigenvalue weighted by Gasteiger charge is 2.47. The Hall–Kier alpha value is -2.97. The molecule has 0 aromatic heterocycles. The lowest BCUT2D eigenvalue weighted by Crippen LogP contribution is -2.51. The number of amides is 1. The van der Waals surface area contributed by atoms with E-state index in [9.17, 15) is 36.0 Å². The summed E-state index contributed by atoms with van der Waals surface area (Å²) in [7, 11) is -3.51. The van der Waals surface area contributed by atoms with Crippen molar-refractivity contribution in [2.75, 3.05) is 12.3 Å². The molecule has 206 valence electrons. The van der Waals surface area contributed by atoms with Crippen molar-refractivity contribution in [1.29, 1.82) is 0 Å². The van der Waals surface area contributed by atoms with Crippen LogP contribution in [0.25, 0.3) is 0 Å². The maximum Gasteiger partial charge on any atom is 0.328 e. The number of nitrogens with zero attached hydrogens (tertiary/aromatic N) is 1. The van der Waals surface area contributed by atoms with E-state index >= 15 is 0 Å². The highest BCUT2D eigenvalue weighted by molar-refractivity contribution is 7.89. The third-order valence-electron chi connectivity index (χ3n) is 6.28. The number of nitrogens with one attached hydrogen (secondary N) is 1. The van der Waals surface area contributed by atoms with Crippen LogP contribution in [0.2, 0.25) is 0 Å². The molecule has 0 saturated carbocycles. The number of carboxylic acids is 2. The zero-order valence-corrected chi connectivity index (χ0v) is 20.9. The summed E-state index contributed by atoms with van der Waals surface area (Å²) in [6, 6.07) is 0.511. The third kappa shape index (κ3) is 8.83. The van der Waals surface area contributed by atoms with Gasteiger partial charge in [0.25, 0.3) is 0 Å². The van der Waals surface area contributed by atoms with Crippen molar-refractivity contribution >= 4 is 27.9 Å². The predicted octanol–water partition coefficient (Wildman–Crippen LogP) is 1.39. The second kappa shape index (κ2) is 13.0. The first-order valence-corrected chi connectivity index (χ1v) is 13.1. The Labute approximate surface area is 212 Å². The highest BCUT2D eigenvalue weighted by atomic mass is 32.2. The van der Waals surface area contributed by atoms with Gasteiger partial charge in [0.05, 0.1) is 5.75 Å². The molecular formula is C23H30F3N3O7S. The Bertz CT molecular complexity index is 1120. The molecule has 2 aliphatic rings. The summed E-state index contributed by atoms with van der Waals surface area (Å²) >= 11 is 0. The lowest BCUT2D eigenvalue weighted by molar-refractivity contribution is -0.134. The van der Waals surface area contributed by atoms with Gasteiger partial charge < -0.3 is 21.3 Å². The number of benzene rings is 1. The molecule has 10 nitrogen and oxygen atoms in total. The number of aliphatic carboxylic acids is 2. The summed E-state index contributed by atoms with van der Waals surface area (Å²) in [6.45, 7) is 1.39. The van der Waals surface area contributed by atoms with Crippen molar-refractivity contribution in [2.24, 2.45) is 11.7 Å². The van der Waals surface area contributed by atoms with Crippen LogP contribution >= 0.6 is 0 Å². The van der Waals surface area contributed by atoms with E-state index in [1.165, 1.54) is 6.92 Å². The molecule has 2 heterocycles. The summed E-state index contributed by atoms with van der Waals surface area (Å²) in [5.74, 6) is -6.18. The zero-order chi connectivity index (χ0) is 27.9. The van der Waals surface area contributed by atoms with Gasteiger partial charge >= 0.3 is 11.9 Å². The molecule has 0 unspecified atom stereocenters. The van der Waals surface area contributed by atoms with Gasteiger partial charge in [-0.3, -0.25) is 4.79 Å². The van der Waals surface area contributed by atoms with Gasteiger partial charge in [-0.1, -0.05) is 0 Å². The molecule has 2 fully saturated rings. The summed E-state index contributed by atoms with van der Waals surface area (Å²) < 4.78 is 67.5. The lowest BCUT2D eigenvalue weighted by atomic mass is 9.83. The van der Waals surface area contributed by atoms with Crippen molar-refractivity contribution in [1.82, 2.24) is 9.62 Å². The minimum absolute atomic E-state index is 0.0223. The predicted molar refractivity (Wildman–Crippen MR) is 126 cm³/mol. The van der Waals surface area contributed by atoms with Gasteiger partial charge in [-0.25, -0.2) is 31.2 Å². The van der Waals surface area contributed by atoms with Gasteiger partial charge in [0.15, 0.2) is 11.6 Å². The van der Waals surface area contributed by atoms with Gasteiger partial charge in [-0.05, 0) is 49.7 Å². The maximum absolute atomic E-state index is 13.9. The maximum atomic E-state index is 13.9. The van der Waals surface area contributed by atoms with Gasteiger partial charge in [0.2, 0.25) is 15.9 Å². The van der Waals surface area contributed by atoms with E-state index in [4.69, 9.17) is 15.9 Å². The minimum Gasteiger partial charge on any atom is -0.478 e. The molecule has 2 bridgehead atoms. The quantitative estimate of drug-likeness (QED) is 0.265. The van der Waals surface area contributed by atoms with Crippen molar-refractivity contribution in [3.8, 4) is 0 Å².